The zero-order chi connectivity index (χ0) is 10.1. The van der Waals surface area contributed by atoms with Gasteiger partial charge in [0.15, 0.2) is 0 Å². The maximum atomic E-state index is 5.77. The zero-order valence-corrected chi connectivity index (χ0v) is 11.9. The lowest BCUT2D eigenvalue weighted by molar-refractivity contribution is 0.133. The summed E-state index contributed by atoms with van der Waals surface area (Å²) < 4.78 is 1.19. The first-order valence-electron chi connectivity index (χ1n) is 4.84. The summed E-state index contributed by atoms with van der Waals surface area (Å²) in [5.41, 5.74) is 5.77. The normalized spacial score (nSPS) is 24.8. The second-order valence-electron chi connectivity index (χ2n) is 4.03. The number of nitrogens with zero attached hydrogens (tertiary/aromatic N) is 1. The molecule has 1 heterocycles. The van der Waals surface area contributed by atoms with Crippen molar-refractivity contribution in [2.24, 2.45) is 5.73 Å². The van der Waals surface area contributed by atoms with E-state index in [-0.39, 0.29) is 12.4 Å². The molecule has 1 fully saturated rings. The molecular weight excluding hydrogens is 296 g/mol. The minimum absolute atomic E-state index is 0. The van der Waals surface area contributed by atoms with Crippen LogP contribution in [0.2, 0.25) is 0 Å². The molecule has 1 aliphatic carbocycles. The number of halogens is 2. The van der Waals surface area contributed by atoms with Crippen LogP contribution in [-0.4, -0.2) is 24.0 Å². The molecule has 0 aromatic carbocycles. The summed E-state index contributed by atoms with van der Waals surface area (Å²) in [4.78, 5) is 3.82. The van der Waals surface area contributed by atoms with Gasteiger partial charge in [-0.25, -0.2) is 0 Å². The molecule has 5 heteroatoms. The van der Waals surface area contributed by atoms with Crippen LogP contribution in [0.25, 0.3) is 0 Å². The molecule has 0 aliphatic heterocycles. The van der Waals surface area contributed by atoms with Crippen molar-refractivity contribution in [3.63, 3.8) is 0 Å². The van der Waals surface area contributed by atoms with Crippen molar-refractivity contribution in [2.75, 3.05) is 7.05 Å². The average Bonchev–Trinajstić information content (AvgIpc) is 2.45. The number of hydrogen-bond acceptors (Lipinski definition) is 3. The quantitative estimate of drug-likeness (QED) is 0.930. The highest BCUT2D eigenvalue weighted by atomic mass is 79.9. The Kier molecular flexibility index (Phi) is 5.06. The first-order chi connectivity index (χ1) is 6.65. The minimum atomic E-state index is 0. The van der Waals surface area contributed by atoms with Gasteiger partial charge in [0.25, 0.3) is 0 Å². The molecule has 0 unspecified atom stereocenters. The largest absolute Gasteiger partial charge is 0.328 e. The van der Waals surface area contributed by atoms with Crippen LogP contribution in [0.3, 0.4) is 0 Å². The van der Waals surface area contributed by atoms with E-state index < -0.39 is 0 Å². The smallest absolute Gasteiger partial charge is 0.0328 e. The van der Waals surface area contributed by atoms with Crippen LogP contribution in [0, 0.1) is 0 Å². The number of hydrogen-bond donors (Lipinski definition) is 1. The van der Waals surface area contributed by atoms with Gasteiger partial charge in [-0.1, -0.05) is 0 Å². The standard InChI is InChI=1S/C10H15BrN2S.ClH/c1-13(9-3-8(12)4-9)5-10-2-7(11)6-14-10;/h2,6,8-9H,3-5,12H2,1H3;1H. The summed E-state index contributed by atoms with van der Waals surface area (Å²) in [6, 6.07) is 3.34. The van der Waals surface area contributed by atoms with Gasteiger partial charge in [-0.2, -0.15) is 0 Å². The Balaban J connectivity index is 0.00000112. The average molecular weight is 312 g/mol. The molecule has 1 aromatic heterocycles. The number of thiophene rings is 1. The first kappa shape index (κ1) is 13.5. The molecule has 2 nitrogen and oxygen atoms in total. The van der Waals surface area contributed by atoms with Crippen LogP contribution in [0.4, 0.5) is 0 Å². The summed E-state index contributed by atoms with van der Waals surface area (Å²) >= 11 is 5.28. The van der Waals surface area contributed by atoms with Crippen LogP contribution in [0.1, 0.15) is 17.7 Å². The molecule has 0 bridgehead atoms. The SMILES string of the molecule is CN(Cc1cc(Br)cs1)C1CC(N)C1.Cl. The van der Waals surface area contributed by atoms with Gasteiger partial charge in [0.1, 0.15) is 0 Å². The fraction of sp³-hybridized carbons (Fsp3) is 0.600. The fourth-order valence-electron chi connectivity index (χ4n) is 1.80. The second kappa shape index (κ2) is 5.64. The van der Waals surface area contributed by atoms with E-state index in [1.165, 1.54) is 9.35 Å². The van der Waals surface area contributed by atoms with Crippen LogP contribution in [-0.2, 0) is 6.54 Å². The zero-order valence-electron chi connectivity index (χ0n) is 8.65. The van der Waals surface area contributed by atoms with E-state index in [9.17, 15) is 0 Å². The van der Waals surface area contributed by atoms with E-state index >= 15 is 0 Å². The third kappa shape index (κ3) is 3.43. The van der Waals surface area contributed by atoms with Gasteiger partial charge in [-0.05, 0) is 41.9 Å². The highest BCUT2D eigenvalue weighted by Gasteiger charge is 2.29. The van der Waals surface area contributed by atoms with Crippen molar-refractivity contribution in [1.29, 1.82) is 0 Å². The third-order valence-electron chi connectivity index (χ3n) is 2.80. The van der Waals surface area contributed by atoms with Gasteiger partial charge < -0.3 is 5.73 Å². The van der Waals surface area contributed by atoms with E-state index in [1.54, 1.807) is 0 Å². The van der Waals surface area contributed by atoms with Gasteiger partial charge >= 0.3 is 0 Å². The maximum Gasteiger partial charge on any atom is 0.0328 e. The number of rotatable bonds is 3. The van der Waals surface area contributed by atoms with Crippen LogP contribution >= 0.6 is 39.7 Å². The fourth-order valence-corrected chi connectivity index (χ4v) is 3.31. The molecule has 0 radical (unpaired) electrons. The van der Waals surface area contributed by atoms with Gasteiger partial charge in [-0.15, -0.1) is 23.7 Å². The van der Waals surface area contributed by atoms with Gasteiger partial charge in [-0.3, -0.25) is 4.90 Å². The molecule has 0 spiro atoms. The Bertz CT molecular complexity index is 312. The summed E-state index contributed by atoms with van der Waals surface area (Å²) in [5.74, 6) is 0. The van der Waals surface area contributed by atoms with Gasteiger partial charge in [0, 0.05) is 33.4 Å². The van der Waals surface area contributed by atoms with Crippen LogP contribution < -0.4 is 5.73 Å². The molecule has 2 rings (SSSR count). The second-order valence-corrected chi connectivity index (χ2v) is 5.94. The van der Waals surface area contributed by atoms with Crippen molar-refractivity contribution >= 4 is 39.7 Å². The Morgan fingerprint density at radius 3 is 2.73 bits per heavy atom. The Morgan fingerprint density at radius 2 is 2.27 bits per heavy atom. The predicted octanol–water partition coefficient (Wildman–Crippen LogP) is 2.85. The number of nitrogens with two attached hydrogens (primary N) is 1. The lowest BCUT2D eigenvalue weighted by atomic mass is 9.86. The van der Waals surface area contributed by atoms with Crippen molar-refractivity contribution in [3.05, 3.63) is 20.8 Å². The Morgan fingerprint density at radius 1 is 1.60 bits per heavy atom. The maximum absolute atomic E-state index is 5.77. The van der Waals surface area contributed by atoms with E-state index in [1.807, 2.05) is 11.3 Å². The summed E-state index contributed by atoms with van der Waals surface area (Å²) in [5, 5.41) is 2.13. The van der Waals surface area contributed by atoms with Crippen LogP contribution in [0.5, 0.6) is 0 Å². The highest BCUT2D eigenvalue weighted by Crippen LogP contribution is 2.26. The Labute approximate surface area is 109 Å². The van der Waals surface area contributed by atoms with Crippen molar-refractivity contribution in [1.82, 2.24) is 4.90 Å². The molecule has 15 heavy (non-hydrogen) atoms. The molecule has 86 valence electrons. The molecule has 0 saturated heterocycles. The topological polar surface area (TPSA) is 29.3 Å². The van der Waals surface area contributed by atoms with Crippen molar-refractivity contribution in [3.8, 4) is 0 Å². The van der Waals surface area contributed by atoms with E-state index in [2.05, 4.69) is 39.3 Å². The lowest BCUT2D eigenvalue weighted by Gasteiger charge is -2.39. The molecule has 0 atom stereocenters. The monoisotopic (exact) mass is 310 g/mol. The van der Waals surface area contributed by atoms with E-state index in [0.717, 1.165) is 19.4 Å². The minimum Gasteiger partial charge on any atom is -0.328 e. The van der Waals surface area contributed by atoms with E-state index in [0.29, 0.717) is 12.1 Å². The molecule has 1 aromatic rings. The van der Waals surface area contributed by atoms with Crippen molar-refractivity contribution < 1.29 is 0 Å². The summed E-state index contributed by atoms with van der Waals surface area (Å²) in [6.07, 6.45) is 2.31. The predicted molar refractivity (Wildman–Crippen MR) is 71.7 cm³/mol. The third-order valence-corrected chi connectivity index (χ3v) is 4.48. The molecular formula is C10H16BrClN2S. The molecule has 1 saturated carbocycles. The summed E-state index contributed by atoms with van der Waals surface area (Å²) in [6.45, 7) is 1.05. The lowest BCUT2D eigenvalue weighted by Crippen LogP contribution is -2.48. The van der Waals surface area contributed by atoms with Crippen LogP contribution in [0.15, 0.2) is 15.9 Å². The Hall–Kier alpha value is 0.390. The summed E-state index contributed by atoms with van der Waals surface area (Å²) in [7, 11) is 2.18. The first-order valence-corrected chi connectivity index (χ1v) is 6.51. The van der Waals surface area contributed by atoms with Gasteiger partial charge in [0.05, 0.1) is 0 Å². The molecule has 1 aliphatic rings. The van der Waals surface area contributed by atoms with E-state index in [4.69, 9.17) is 5.73 Å². The highest BCUT2D eigenvalue weighted by molar-refractivity contribution is 9.10. The van der Waals surface area contributed by atoms with Gasteiger partial charge in [0.2, 0.25) is 0 Å². The molecule has 0 amide bonds. The molecule has 2 N–H and O–H groups in total. The van der Waals surface area contributed by atoms with Crippen molar-refractivity contribution in [2.45, 2.75) is 31.5 Å².